The second kappa shape index (κ2) is 8.28. The summed E-state index contributed by atoms with van der Waals surface area (Å²) in [6.45, 7) is 0. The van der Waals surface area contributed by atoms with Gasteiger partial charge in [-0.3, -0.25) is 4.79 Å². The SMILES string of the molecule is O=C(NC1CC2(C1)CC(c1nc3cc(Cl)ccc3o1)C2)c1ccc(CS(=O)(=O)CC2CC(F)(F)C2)o1. The van der Waals surface area contributed by atoms with E-state index in [0.717, 1.165) is 42.7 Å². The number of fused-ring (bicyclic) bond motifs is 1. The van der Waals surface area contributed by atoms with Crippen molar-refractivity contribution in [3.63, 3.8) is 0 Å². The molecular formula is C25H25ClF2N2O5S. The largest absolute Gasteiger partial charge is 0.455 e. The minimum Gasteiger partial charge on any atom is -0.455 e. The normalized spacial score (nSPS) is 27.4. The van der Waals surface area contributed by atoms with E-state index in [-0.39, 0.29) is 40.6 Å². The van der Waals surface area contributed by atoms with Crippen LogP contribution in [0.3, 0.4) is 0 Å². The van der Waals surface area contributed by atoms with Crippen molar-refractivity contribution in [2.75, 3.05) is 5.75 Å². The molecule has 3 aliphatic carbocycles. The summed E-state index contributed by atoms with van der Waals surface area (Å²) < 4.78 is 61.9. The molecule has 11 heteroatoms. The Morgan fingerprint density at radius 3 is 2.56 bits per heavy atom. The first-order valence-electron chi connectivity index (χ1n) is 12.0. The molecule has 3 aromatic rings. The summed E-state index contributed by atoms with van der Waals surface area (Å²) in [7, 11) is -3.60. The fourth-order valence-corrected chi connectivity index (χ4v) is 7.87. The second-order valence-electron chi connectivity index (χ2n) is 10.8. The number of sulfone groups is 1. The Hall–Kier alpha value is -2.46. The molecule has 3 aliphatic rings. The first-order valence-corrected chi connectivity index (χ1v) is 14.2. The number of aromatic nitrogens is 1. The molecule has 1 aromatic carbocycles. The standard InChI is InChI=1S/C25H25ClF2N2O5S/c26-16-1-3-20-19(5-16)30-23(35-20)15-8-24(9-15)10-17(11-24)29-22(31)21-4-2-18(34-21)13-36(32,33)12-14-6-25(27,28)7-14/h1-5,14-15,17H,6-13H2,(H,29,31). The van der Waals surface area contributed by atoms with Gasteiger partial charge < -0.3 is 14.2 Å². The number of furan rings is 1. The molecule has 0 saturated heterocycles. The summed E-state index contributed by atoms with van der Waals surface area (Å²) in [6.07, 6.45) is 2.83. The van der Waals surface area contributed by atoms with E-state index in [4.69, 9.17) is 20.4 Å². The van der Waals surface area contributed by atoms with Gasteiger partial charge in [0.2, 0.25) is 5.92 Å². The van der Waals surface area contributed by atoms with E-state index in [2.05, 4.69) is 10.3 Å². The lowest BCUT2D eigenvalue weighted by atomic mass is 9.50. The summed E-state index contributed by atoms with van der Waals surface area (Å²) >= 11 is 6.03. The summed E-state index contributed by atoms with van der Waals surface area (Å²) in [4.78, 5) is 17.2. The molecule has 6 rings (SSSR count). The van der Waals surface area contributed by atoms with Crippen molar-refractivity contribution in [3.05, 3.63) is 52.8 Å². The van der Waals surface area contributed by atoms with Crippen LogP contribution in [-0.4, -0.2) is 37.0 Å². The Morgan fingerprint density at radius 1 is 1.08 bits per heavy atom. The van der Waals surface area contributed by atoms with Crippen molar-refractivity contribution >= 4 is 38.4 Å². The molecule has 1 N–H and O–H groups in total. The van der Waals surface area contributed by atoms with Gasteiger partial charge in [-0.1, -0.05) is 11.6 Å². The van der Waals surface area contributed by atoms with Crippen molar-refractivity contribution in [3.8, 4) is 0 Å². The Kier molecular flexibility index (Phi) is 5.50. The number of rotatable bonds is 7. The number of alkyl halides is 2. The van der Waals surface area contributed by atoms with E-state index in [1.165, 1.54) is 12.1 Å². The average molecular weight is 539 g/mol. The molecule has 0 atom stereocenters. The molecule has 36 heavy (non-hydrogen) atoms. The number of oxazole rings is 1. The summed E-state index contributed by atoms with van der Waals surface area (Å²) in [5, 5.41) is 3.58. The number of carbonyl (C=O) groups is 1. The molecule has 7 nitrogen and oxygen atoms in total. The van der Waals surface area contributed by atoms with Crippen LogP contribution in [0, 0.1) is 11.3 Å². The van der Waals surface area contributed by atoms with Crippen molar-refractivity contribution in [2.45, 2.75) is 62.2 Å². The van der Waals surface area contributed by atoms with Gasteiger partial charge in [-0.15, -0.1) is 0 Å². The summed E-state index contributed by atoms with van der Waals surface area (Å²) in [5.74, 6) is -3.19. The van der Waals surface area contributed by atoms with Crippen LogP contribution < -0.4 is 5.32 Å². The lowest BCUT2D eigenvalue weighted by Crippen LogP contribution is -2.55. The minimum absolute atomic E-state index is 0.0263. The van der Waals surface area contributed by atoms with Crippen molar-refractivity contribution in [1.29, 1.82) is 0 Å². The van der Waals surface area contributed by atoms with E-state index in [0.29, 0.717) is 5.02 Å². The van der Waals surface area contributed by atoms with Crippen LogP contribution in [0.15, 0.2) is 39.2 Å². The Bertz CT molecular complexity index is 1430. The molecule has 192 valence electrons. The van der Waals surface area contributed by atoms with Gasteiger partial charge in [0, 0.05) is 29.8 Å². The van der Waals surface area contributed by atoms with Crippen LogP contribution in [-0.2, 0) is 15.6 Å². The number of halogens is 3. The van der Waals surface area contributed by atoms with Crippen LogP contribution in [0.4, 0.5) is 8.78 Å². The number of hydrogen-bond acceptors (Lipinski definition) is 6. The highest BCUT2D eigenvalue weighted by molar-refractivity contribution is 7.90. The van der Waals surface area contributed by atoms with E-state index in [1.54, 1.807) is 12.1 Å². The van der Waals surface area contributed by atoms with Crippen LogP contribution in [0.5, 0.6) is 0 Å². The number of hydrogen-bond donors (Lipinski definition) is 1. The van der Waals surface area contributed by atoms with Crippen molar-refractivity contribution in [2.24, 2.45) is 11.3 Å². The molecule has 3 saturated carbocycles. The Labute approximate surface area is 211 Å². The smallest absolute Gasteiger partial charge is 0.287 e. The summed E-state index contributed by atoms with van der Waals surface area (Å²) in [6, 6.07) is 8.32. The predicted molar refractivity (Wildman–Crippen MR) is 128 cm³/mol. The molecule has 0 bridgehead atoms. The molecule has 1 amide bonds. The zero-order valence-electron chi connectivity index (χ0n) is 19.3. The average Bonchev–Trinajstić information content (AvgIpc) is 3.32. The number of amides is 1. The maximum atomic E-state index is 13.0. The molecular weight excluding hydrogens is 514 g/mol. The highest BCUT2D eigenvalue weighted by Gasteiger charge is 2.55. The van der Waals surface area contributed by atoms with E-state index in [9.17, 15) is 22.0 Å². The van der Waals surface area contributed by atoms with Gasteiger partial charge in [0.05, 0.1) is 5.75 Å². The first-order chi connectivity index (χ1) is 17.0. The summed E-state index contributed by atoms with van der Waals surface area (Å²) in [5.41, 5.74) is 1.67. The van der Waals surface area contributed by atoms with Gasteiger partial charge in [-0.2, -0.15) is 0 Å². The van der Waals surface area contributed by atoms with Gasteiger partial charge in [0.15, 0.2) is 27.1 Å². The second-order valence-corrected chi connectivity index (χ2v) is 13.3. The zero-order valence-corrected chi connectivity index (χ0v) is 20.9. The first kappa shape index (κ1) is 23.9. The zero-order chi connectivity index (χ0) is 25.3. The van der Waals surface area contributed by atoms with E-state index < -0.39 is 40.3 Å². The van der Waals surface area contributed by atoms with E-state index >= 15 is 0 Å². The third-order valence-corrected chi connectivity index (χ3v) is 9.62. The highest BCUT2D eigenvalue weighted by atomic mass is 35.5. The van der Waals surface area contributed by atoms with Gasteiger partial charge in [-0.05, 0) is 67.3 Å². The third kappa shape index (κ3) is 4.65. The van der Waals surface area contributed by atoms with E-state index in [1.807, 2.05) is 6.07 Å². The third-order valence-electron chi connectivity index (χ3n) is 7.68. The van der Waals surface area contributed by atoms with Crippen LogP contribution in [0.25, 0.3) is 11.1 Å². The quantitative estimate of drug-likeness (QED) is 0.427. The van der Waals surface area contributed by atoms with Crippen LogP contribution in [0.1, 0.15) is 66.6 Å². The van der Waals surface area contributed by atoms with Crippen molar-refractivity contribution in [1.82, 2.24) is 10.3 Å². The Balaban J connectivity index is 0.975. The fraction of sp³-hybridized carbons (Fsp3) is 0.520. The minimum atomic E-state index is -3.60. The topological polar surface area (TPSA) is 102 Å². The molecule has 0 aliphatic heterocycles. The number of carbonyl (C=O) groups excluding carboxylic acids is 1. The number of nitrogens with zero attached hydrogens (tertiary/aromatic N) is 1. The molecule has 0 radical (unpaired) electrons. The molecule has 1 spiro atoms. The number of benzene rings is 1. The van der Waals surface area contributed by atoms with Gasteiger partial charge in [-0.25, -0.2) is 22.2 Å². The lowest BCUT2D eigenvalue weighted by molar-refractivity contribution is -0.103. The predicted octanol–water partition coefficient (Wildman–Crippen LogP) is 5.49. The highest BCUT2D eigenvalue weighted by Crippen LogP contribution is 2.62. The monoisotopic (exact) mass is 538 g/mol. The molecule has 3 fully saturated rings. The van der Waals surface area contributed by atoms with Gasteiger partial charge in [0.25, 0.3) is 5.91 Å². The molecule has 0 unspecified atom stereocenters. The lowest BCUT2D eigenvalue weighted by Gasteiger charge is -2.57. The van der Waals surface area contributed by atoms with Crippen LogP contribution in [0.2, 0.25) is 5.02 Å². The van der Waals surface area contributed by atoms with Crippen LogP contribution >= 0.6 is 11.6 Å². The van der Waals surface area contributed by atoms with Gasteiger partial charge >= 0.3 is 0 Å². The fourth-order valence-electron chi connectivity index (χ4n) is 6.05. The molecule has 2 aromatic heterocycles. The maximum absolute atomic E-state index is 13.0. The van der Waals surface area contributed by atoms with Crippen molar-refractivity contribution < 1.29 is 30.8 Å². The maximum Gasteiger partial charge on any atom is 0.287 e. The molecule has 2 heterocycles. The number of nitrogens with one attached hydrogen (secondary N) is 1. The Morgan fingerprint density at radius 2 is 1.83 bits per heavy atom. The van der Waals surface area contributed by atoms with Gasteiger partial charge in [0.1, 0.15) is 17.0 Å².